The number of aromatic amines is 1. The molecule has 0 amide bonds. The van der Waals surface area contributed by atoms with Crippen LogP contribution in [0.1, 0.15) is 5.82 Å². The van der Waals surface area contributed by atoms with E-state index in [2.05, 4.69) is 25.9 Å². The first kappa shape index (κ1) is 10.4. The van der Waals surface area contributed by atoms with E-state index in [9.17, 15) is 0 Å². The van der Waals surface area contributed by atoms with Crippen molar-refractivity contribution in [1.82, 2.24) is 9.97 Å². The van der Waals surface area contributed by atoms with Gasteiger partial charge in [-0.25, -0.2) is 4.98 Å². The average Bonchev–Trinajstić information content (AvgIpc) is 2.57. The standard InChI is InChI=1S/C10H12BrN3O/c1-15-3-2-9-13-8-5-6(11)4-7(12)10(8)14-9/h4-5H,2-3,12H2,1H3,(H,13,14). The molecule has 4 nitrogen and oxygen atoms in total. The SMILES string of the molecule is COCCc1nc2c(N)cc(Br)cc2[nH]1. The Balaban J connectivity index is 2.41. The van der Waals surface area contributed by atoms with Gasteiger partial charge in [0.25, 0.3) is 0 Å². The summed E-state index contributed by atoms with van der Waals surface area (Å²) >= 11 is 3.39. The lowest BCUT2D eigenvalue weighted by atomic mass is 10.3. The Kier molecular flexibility index (Phi) is 2.93. The Hall–Kier alpha value is -1.07. The Morgan fingerprint density at radius 2 is 2.33 bits per heavy atom. The monoisotopic (exact) mass is 269 g/mol. The first-order valence-electron chi connectivity index (χ1n) is 4.63. The Morgan fingerprint density at radius 3 is 3.07 bits per heavy atom. The normalized spacial score (nSPS) is 11.1. The number of nitrogens with zero attached hydrogens (tertiary/aromatic N) is 1. The second-order valence-electron chi connectivity index (χ2n) is 3.32. The van der Waals surface area contributed by atoms with E-state index in [1.807, 2.05) is 12.1 Å². The van der Waals surface area contributed by atoms with Gasteiger partial charge in [-0.3, -0.25) is 0 Å². The number of imidazole rings is 1. The molecule has 0 spiro atoms. The molecule has 80 valence electrons. The lowest BCUT2D eigenvalue weighted by Gasteiger charge is -1.94. The van der Waals surface area contributed by atoms with Gasteiger partial charge in [-0.15, -0.1) is 0 Å². The minimum atomic E-state index is 0.654. The van der Waals surface area contributed by atoms with E-state index in [0.29, 0.717) is 12.3 Å². The molecule has 3 N–H and O–H groups in total. The van der Waals surface area contributed by atoms with Crippen LogP contribution in [0.3, 0.4) is 0 Å². The number of methoxy groups -OCH3 is 1. The second-order valence-corrected chi connectivity index (χ2v) is 4.23. The number of hydrogen-bond donors (Lipinski definition) is 2. The average molecular weight is 270 g/mol. The van der Waals surface area contributed by atoms with Crippen LogP contribution < -0.4 is 5.73 Å². The van der Waals surface area contributed by atoms with Crippen molar-refractivity contribution in [2.45, 2.75) is 6.42 Å². The van der Waals surface area contributed by atoms with Crippen LogP contribution in [0.25, 0.3) is 11.0 Å². The molecule has 0 saturated carbocycles. The molecule has 2 aromatic rings. The van der Waals surface area contributed by atoms with Crippen molar-refractivity contribution in [2.75, 3.05) is 19.5 Å². The molecule has 1 aromatic carbocycles. The number of halogens is 1. The van der Waals surface area contributed by atoms with E-state index < -0.39 is 0 Å². The van der Waals surface area contributed by atoms with Crippen molar-refractivity contribution < 1.29 is 4.74 Å². The number of benzene rings is 1. The predicted octanol–water partition coefficient (Wildman–Crippen LogP) is 2.10. The summed E-state index contributed by atoms with van der Waals surface area (Å²) in [6.45, 7) is 0.654. The molecule has 0 aliphatic rings. The Bertz CT molecular complexity index is 481. The zero-order chi connectivity index (χ0) is 10.8. The summed E-state index contributed by atoms with van der Waals surface area (Å²) in [6.07, 6.45) is 0.766. The highest BCUT2D eigenvalue weighted by molar-refractivity contribution is 9.10. The fraction of sp³-hybridized carbons (Fsp3) is 0.300. The van der Waals surface area contributed by atoms with Gasteiger partial charge in [0.2, 0.25) is 0 Å². The van der Waals surface area contributed by atoms with Gasteiger partial charge in [0.1, 0.15) is 11.3 Å². The van der Waals surface area contributed by atoms with E-state index >= 15 is 0 Å². The molecule has 5 heteroatoms. The Morgan fingerprint density at radius 1 is 1.53 bits per heavy atom. The number of nitrogens with one attached hydrogen (secondary N) is 1. The number of H-pyrrole nitrogens is 1. The van der Waals surface area contributed by atoms with Gasteiger partial charge >= 0.3 is 0 Å². The molecular weight excluding hydrogens is 258 g/mol. The number of rotatable bonds is 3. The van der Waals surface area contributed by atoms with Crippen molar-refractivity contribution in [1.29, 1.82) is 0 Å². The topological polar surface area (TPSA) is 63.9 Å². The second kappa shape index (κ2) is 4.20. The summed E-state index contributed by atoms with van der Waals surface area (Å²) in [5.41, 5.74) is 8.31. The molecule has 0 unspecified atom stereocenters. The summed E-state index contributed by atoms with van der Waals surface area (Å²) < 4.78 is 5.95. The fourth-order valence-corrected chi connectivity index (χ4v) is 1.95. The maximum Gasteiger partial charge on any atom is 0.112 e. The van der Waals surface area contributed by atoms with Crippen LogP contribution in [0.15, 0.2) is 16.6 Å². The molecule has 15 heavy (non-hydrogen) atoms. The van der Waals surface area contributed by atoms with E-state index in [1.54, 1.807) is 7.11 Å². The zero-order valence-corrected chi connectivity index (χ0v) is 9.97. The van der Waals surface area contributed by atoms with Gasteiger partial charge in [0, 0.05) is 18.0 Å². The number of nitrogen functional groups attached to an aromatic ring is 1. The summed E-state index contributed by atoms with van der Waals surface area (Å²) in [5, 5.41) is 0. The molecule has 0 atom stereocenters. The van der Waals surface area contributed by atoms with Crippen LogP contribution in [-0.4, -0.2) is 23.7 Å². The van der Waals surface area contributed by atoms with Crippen molar-refractivity contribution in [2.24, 2.45) is 0 Å². The van der Waals surface area contributed by atoms with Gasteiger partial charge in [-0.05, 0) is 12.1 Å². The van der Waals surface area contributed by atoms with Crippen LogP contribution in [-0.2, 0) is 11.2 Å². The predicted molar refractivity (Wildman–Crippen MR) is 63.8 cm³/mol. The van der Waals surface area contributed by atoms with Crippen molar-refractivity contribution in [3.63, 3.8) is 0 Å². The van der Waals surface area contributed by atoms with E-state index in [4.69, 9.17) is 10.5 Å². The molecule has 1 heterocycles. The van der Waals surface area contributed by atoms with Crippen LogP contribution in [0.5, 0.6) is 0 Å². The van der Waals surface area contributed by atoms with Crippen LogP contribution >= 0.6 is 15.9 Å². The van der Waals surface area contributed by atoms with E-state index in [-0.39, 0.29) is 0 Å². The molecule has 0 radical (unpaired) electrons. The molecule has 1 aromatic heterocycles. The number of hydrogen-bond acceptors (Lipinski definition) is 3. The summed E-state index contributed by atoms with van der Waals surface area (Å²) in [4.78, 5) is 7.62. The highest BCUT2D eigenvalue weighted by atomic mass is 79.9. The fourth-order valence-electron chi connectivity index (χ4n) is 1.48. The van der Waals surface area contributed by atoms with Gasteiger partial charge in [0.15, 0.2) is 0 Å². The number of ether oxygens (including phenoxy) is 1. The van der Waals surface area contributed by atoms with Gasteiger partial charge in [-0.2, -0.15) is 0 Å². The molecule has 0 saturated heterocycles. The first-order chi connectivity index (χ1) is 7.20. The third kappa shape index (κ3) is 2.13. The van der Waals surface area contributed by atoms with Gasteiger partial charge < -0.3 is 15.5 Å². The number of aromatic nitrogens is 2. The van der Waals surface area contributed by atoms with E-state index in [0.717, 1.165) is 27.8 Å². The molecule has 0 aliphatic carbocycles. The highest BCUT2D eigenvalue weighted by Gasteiger charge is 2.06. The van der Waals surface area contributed by atoms with E-state index in [1.165, 1.54) is 0 Å². The molecular formula is C10H12BrN3O. The summed E-state index contributed by atoms with van der Waals surface area (Å²) in [5.74, 6) is 0.900. The maximum absolute atomic E-state index is 5.86. The molecule has 0 bridgehead atoms. The quantitative estimate of drug-likeness (QED) is 0.839. The minimum absolute atomic E-state index is 0.654. The molecule has 2 rings (SSSR count). The third-order valence-electron chi connectivity index (χ3n) is 2.17. The smallest absolute Gasteiger partial charge is 0.112 e. The van der Waals surface area contributed by atoms with Crippen LogP contribution in [0.4, 0.5) is 5.69 Å². The number of fused-ring (bicyclic) bond motifs is 1. The third-order valence-corrected chi connectivity index (χ3v) is 2.63. The summed E-state index contributed by atoms with van der Waals surface area (Å²) in [6, 6.07) is 3.82. The minimum Gasteiger partial charge on any atom is -0.397 e. The van der Waals surface area contributed by atoms with Crippen LogP contribution in [0, 0.1) is 0 Å². The van der Waals surface area contributed by atoms with Crippen molar-refractivity contribution >= 4 is 32.7 Å². The first-order valence-corrected chi connectivity index (χ1v) is 5.42. The van der Waals surface area contributed by atoms with Gasteiger partial charge in [0.05, 0.1) is 17.8 Å². The Labute approximate surface area is 96.0 Å². The van der Waals surface area contributed by atoms with Gasteiger partial charge in [-0.1, -0.05) is 15.9 Å². The number of anilines is 1. The molecule has 0 fully saturated rings. The summed E-state index contributed by atoms with van der Waals surface area (Å²) in [7, 11) is 1.67. The van der Waals surface area contributed by atoms with Crippen molar-refractivity contribution in [3.8, 4) is 0 Å². The lowest BCUT2D eigenvalue weighted by Crippen LogP contribution is -1.95. The highest BCUT2D eigenvalue weighted by Crippen LogP contribution is 2.24. The maximum atomic E-state index is 5.86. The lowest BCUT2D eigenvalue weighted by molar-refractivity contribution is 0.201. The molecule has 0 aliphatic heterocycles. The van der Waals surface area contributed by atoms with Crippen LogP contribution in [0.2, 0.25) is 0 Å². The number of nitrogens with two attached hydrogens (primary N) is 1. The zero-order valence-electron chi connectivity index (χ0n) is 8.38. The largest absolute Gasteiger partial charge is 0.397 e. The van der Waals surface area contributed by atoms with Crippen molar-refractivity contribution in [3.05, 3.63) is 22.4 Å².